The summed E-state index contributed by atoms with van der Waals surface area (Å²) in [5.41, 5.74) is 1.14. The highest BCUT2D eigenvalue weighted by Gasteiger charge is 2.11. The molecule has 0 saturated heterocycles. The summed E-state index contributed by atoms with van der Waals surface area (Å²) in [6.07, 6.45) is 4.23. The van der Waals surface area contributed by atoms with Crippen molar-refractivity contribution >= 4 is 11.3 Å². The van der Waals surface area contributed by atoms with Crippen LogP contribution in [0, 0.1) is 13.8 Å². The monoisotopic (exact) mass is 212 g/mol. The van der Waals surface area contributed by atoms with E-state index >= 15 is 0 Å². The van der Waals surface area contributed by atoms with E-state index in [1.54, 1.807) is 11.3 Å². The lowest BCUT2D eigenvalue weighted by atomic mass is 10.0. The summed E-state index contributed by atoms with van der Waals surface area (Å²) in [6, 6.07) is 2.12. The van der Waals surface area contributed by atoms with Crippen molar-refractivity contribution in [3.63, 3.8) is 0 Å². The number of thiophene rings is 1. The fraction of sp³-hybridized carbons (Fsp3) is 0.667. The third-order valence-corrected chi connectivity index (χ3v) is 3.50. The first-order valence-electron chi connectivity index (χ1n) is 5.40. The van der Waals surface area contributed by atoms with Gasteiger partial charge in [-0.1, -0.05) is 26.2 Å². The van der Waals surface area contributed by atoms with Crippen LogP contribution in [0.1, 0.15) is 54.0 Å². The maximum Gasteiger partial charge on any atom is 0.0800 e. The highest BCUT2D eigenvalue weighted by Crippen LogP contribution is 2.29. The van der Waals surface area contributed by atoms with Crippen LogP contribution in [0.15, 0.2) is 6.07 Å². The summed E-state index contributed by atoms with van der Waals surface area (Å²) in [5, 5.41) is 9.95. The SMILES string of the molecule is CCCCCC(O)c1cc(C)sc1C. The van der Waals surface area contributed by atoms with E-state index in [0.717, 1.165) is 18.4 Å². The number of aryl methyl sites for hydroxylation is 2. The molecule has 1 heterocycles. The molecular formula is C12H20OS. The van der Waals surface area contributed by atoms with E-state index in [2.05, 4.69) is 26.8 Å². The van der Waals surface area contributed by atoms with Gasteiger partial charge in [0.1, 0.15) is 0 Å². The molecule has 0 aliphatic heterocycles. The molecule has 1 N–H and O–H groups in total. The molecule has 0 spiro atoms. The maximum absolute atomic E-state index is 9.95. The Morgan fingerprint density at radius 2 is 2.07 bits per heavy atom. The molecule has 1 nitrogen and oxygen atoms in total. The minimum atomic E-state index is -0.244. The molecule has 1 atom stereocenters. The summed E-state index contributed by atoms with van der Waals surface area (Å²) >= 11 is 1.78. The largest absolute Gasteiger partial charge is 0.388 e. The van der Waals surface area contributed by atoms with Gasteiger partial charge in [-0.15, -0.1) is 11.3 Å². The highest BCUT2D eigenvalue weighted by molar-refractivity contribution is 7.12. The van der Waals surface area contributed by atoms with Gasteiger partial charge in [-0.25, -0.2) is 0 Å². The maximum atomic E-state index is 9.95. The van der Waals surface area contributed by atoms with Gasteiger partial charge in [-0.3, -0.25) is 0 Å². The molecule has 0 bridgehead atoms. The van der Waals surface area contributed by atoms with Crippen LogP contribution >= 0.6 is 11.3 Å². The van der Waals surface area contributed by atoms with Crippen LogP contribution in [-0.2, 0) is 0 Å². The molecule has 1 unspecified atom stereocenters. The van der Waals surface area contributed by atoms with Gasteiger partial charge in [0.25, 0.3) is 0 Å². The van der Waals surface area contributed by atoms with Gasteiger partial charge in [0.15, 0.2) is 0 Å². The van der Waals surface area contributed by atoms with Crippen molar-refractivity contribution in [3.8, 4) is 0 Å². The summed E-state index contributed by atoms with van der Waals surface area (Å²) in [5.74, 6) is 0. The topological polar surface area (TPSA) is 20.2 Å². The Morgan fingerprint density at radius 3 is 2.57 bits per heavy atom. The molecule has 1 aromatic rings. The van der Waals surface area contributed by atoms with E-state index in [1.807, 2.05) is 0 Å². The average Bonchev–Trinajstić information content (AvgIpc) is 2.45. The summed E-state index contributed by atoms with van der Waals surface area (Å²) < 4.78 is 0. The van der Waals surface area contributed by atoms with Crippen molar-refractivity contribution in [2.75, 3.05) is 0 Å². The summed E-state index contributed by atoms with van der Waals surface area (Å²) in [7, 11) is 0. The Morgan fingerprint density at radius 1 is 1.36 bits per heavy atom. The second kappa shape index (κ2) is 5.52. The molecule has 0 aliphatic rings. The fourth-order valence-corrected chi connectivity index (χ4v) is 2.71. The number of aliphatic hydroxyl groups excluding tert-OH is 1. The highest BCUT2D eigenvalue weighted by atomic mass is 32.1. The minimum Gasteiger partial charge on any atom is -0.388 e. The lowest BCUT2D eigenvalue weighted by Gasteiger charge is -2.09. The molecule has 0 aromatic carbocycles. The fourth-order valence-electron chi connectivity index (χ4n) is 1.72. The number of aliphatic hydroxyl groups is 1. The molecule has 14 heavy (non-hydrogen) atoms. The minimum absolute atomic E-state index is 0.244. The van der Waals surface area contributed by atoms with E-state index in [9.17, 15) is 5.11 Å². The molecular weight excluding hydrogens is 192 g/mol. The molecule has 0 saturated carbocycles. The van der Waals surface area contributed by atoms with Crippen LogP contribution in [0.5, 0.6) is 0 Å². The van der Waals surface area contributed by atoms with Crippen molar-refractivity contribution < 1.29 is 5.11 Å². The molecule has 0 radical (unpaired) electrons. The van der Waals surface area contributed by atoms with Gasteiger partial charge in [0.2, 0.25) is 0 Å². The van der Waals surface area contributed by atoms with Gasteiger partial charge in [0.05, 0.1) is 6.10 Å². The zero-order valence-electron chi connectivity index (χ0n) is 9.34. The Kier molecular flexibility index (Phi) is 4.63. The van der Waals surface area contributed by atoms with Gasteiger partial charge in [-0.05, 0) is 31.9 Å². The number of hydrogen-bond acceptors (Lipinski definition) is 2. The van der Waals surface area contributed by atoms with Gasteiger partial charge in [0, 0.05) is 9.75 Å². The van der Waals surface area contributed by atoms with Crippen LogP contribution in [0.4, 0.5) is 0 Å². The van der Waals surface area contributed by atoms with Gasteiger partial charge in [-0.2, -0.15) is 0 Å². The normalized spacial score (nSPS) is 13.1. The molecule has 80 valence electrons. The van der Waals surface area contributed by atoms with E-state index < -0.39 is 0 Å². The van der Waals surface area contributed by atoms with Crippen LogP contribution in [0.2, 0.25) is 0 Å². The van der Waals surface area contributed by atoms with Gasteiger partial charge < -0.3 is 5.11 Å². The molecule has 0 fully saturated rings. The average molecular weight is 212 g/mol. The predicted octanol–water partition coefficient (Wildman–Crippen LogP) is 3.98. The third kappa shape index (κ3) is 3.10. The predicted molar refractivity (Wildman–Crippen MR) is 62.9 cm³/mol. The lowest BCUT2D eigenvalue weighted by Crippen LogP contribution is -1.97. The smallest absolute Gasteiger partial charge is 0.0800 e. The van der Waals surface area contributed by atoms with Crippen LogP contribution in [0.3, 0.4) is 0 Å². The van der Waals surface area contributed by atoms with E-state index in [-0.39, 0.29) is 6.10 Å². The second-order valence-electron chi connectivity index (χ2n) is 3.88. The van der Waals surface area contributed by atoms with Crippen molar-refractivity contribution in [3.05, 3.63) is 21.4 Å². The first kappa shape index (κ1) is 11.7. The quantitative estimate of drug-likeness (QED) is 0.732. The Labute approximate surface area is 90.8 Å². The van der Waals surface area contributed by atoms with Crippen LogP contribution in [0.25, 0.3) is 0 Å². The zero-order valence-corrected chi connectivity index (χ0v) is 10.2. The van der Waals surface area contributed by atoms with E-state index in [1.165, 1.54) is 22.6 Å². The molecule has 1 rings (SSSR count). The van der Waals surface area contributed by atoms with Crippen molar-refractivity contribution in [1.29, 1.82) is 0 Å². The molecule has 0 amide bonds. The number of rotatable bonds is 5. The first-order chi connectivity index (χ1) is 6.65. The standard InChI is InChI=1S/C12H20OS/c1-4-5-6-7-12(13)11-8-9(2)14-10(11)3/h8,12-13H,4-7H2,1-3H3. The Hall–Kier alpha value is -0.340. The van der Waals surface area contributed by atoms with E-state index in [0.29, 0.717) is 0 Å². The van der Waals surface area contributed by atoms with E-state index in [4.69, 9.17) is 0 Å². The van der Waals surface area contributed by atoms with Gasteiger partial charge >= 0.3 is 0 Å². The summed E-state index contributed by atoms with van der Waals surface area (Å²) in [6.45, 7) is 6.38. The zero-order chi connectivity index (χ0) is 10.6. The third-order valence-electron chi connectivity index (χ3n) is 2.52. The number of unbranched alkanes of at least 4 members (excludes halogenated alkanes) is 2. The summed E-state index contributed by atoms with van der Waals surface area (Å²) in [4.78, 5) is 2.57. The van der Waals surface area contributed by atoms with Crippen LogP contribution < -0.4 is 0 Å². The number of hydrogen-bond donors (Lipinski definition) is 1. The molecule has 2 heteroatoms. The molecule has 0 aliphatic carbocycles. The first-order valence-corrected chi connectivity index (χ1v) is 6.21. The Balaban J connectivity index is 2.51. The molecule has 1 aromatic heterocycles. The van der Waals surface area contributed by atoms with Crippen molar-refractivity contribution in [2.24, 2.45) is 0 Å². The second-order valence-corrected chi connectivity index (χ2v) is 5.34. The van der Waals surface area contributed by atoms with Crippen molar-refractivity contribution in [1.82, 2.24) is 0 Å². The van der Waals surface area contributed by atoms with Crippen molar-refractivity contribution in [2.45, 2.75) is 52.6 Å². The Bertz CT molecular complexity index is 278. The van der Waals surface area contributed by atoms with Crippen LogP contribution in [-0.4, -0.2) is 5.11 Å². The lowest BCUT2D eigenvalue weighted by molar-refractivity contribution is 0.163.